The third-order valence-electron chi connectivity index (χ3n) is 5.71. The fourth-order valence-electron chi connectivity index (χ4n) is 3.98. The Morgan fingerprint density at radius 2 is 1.64 bits per heavy atom. The van der Waals surface area contributed by atoms with Crippen LogP contribution in [0, 0.1) is 11.6 Å². The average molecular weight is 539 g/mol. The molecule has 0 aliphatic carbocycles. The smallest absolute Gasteiger partial charge is 0.362 e. The lowest BCUT2D eigenvalue weighted by Gasteiger charge is -2.13. The number of amides is 3. The monoisotopic (exact) mass is 539 g/mol. The van der Waals surface area contributed by atoms with E-state index in [1.165, 1.54) is 12.1 Å². The standard InChI is InChI=1S/C27H18F5N5O2/c28-15-8-14(27(30,31)32)9-19(10-15)36-26(39)35-18-4-6-22(29)24(13-18)34-17-3-5-20-21(11-16-2-1-7-33-16)25(38)37-23(20)12-17/h1-13,33-34H,(H,37,38)(H2,35,36,39). The Morgan fingerprint density at radius 3 is 2.38 bits per heavy atom. The molecule has 2 heterocycles. The number of carbonyl (C=O) groups is 2. The van der Waals surface area contributed by atoms with Crippen molar-refractivity contribution in [2.75, 3.05) is 21.3 Å². The van der Waals surface area contributed by atoms with E-state index < -0.39 is 35.1 Å². The summed E-state index contributed by atoms with van der Waals surface area (Å²) in [6.45, 7) is 0. The Hall–Kier alpha value is -5.13. The van der Waals surface area contributed by atoms with E-state index in [0.29, 0.717) is 34.6 Å². The lowest BCUT2D eigenvalue weighted by molar-refractivity contribution is -0.137. The molecule has 0 spiro atoms. The predicted molar refractivity (Wildman–Crippen MR) is 137 cm³/mol. The number of halogens is 5. The maximum absolute atomic E-state index is 14.5. The van der Waals surface area contributed by atoms with E-state index >= 15 is 0 Å². The number of hydrogen-bond donors (Lipinski definition) is 5. The molecule has 1 aromatic heterocycles. The zero-order chi connectivity index (χ0) is 27.7. The topological polar surface area (TPSA) is 98.0 Å². The highest BCUT2D eigenvalue weighted by molar-refractivity contribution is 6.35. The van der Waals surface area contributed by atoms with E-state index in [-0.39, 0.29) is 17.3 Å². The maximum Gasteiger partial charge on any atom is 0.416 e. The SMILES string of the molecule is O=C(Nc1cc(F)cc(C(F)(F)F)c1)Nc1ccc(F)c(Nc2ccc3c(c2)NC(=O)C3=Cc2ccc[nH]2)c1. The number of H-pyrrole nitrogens is 1. The van der Waals surface area contributed by atoms with Crippen molar-refractivity contribution >= 4 is 52.0 Å². The summed E-state index contributed by atoms with van der Waals surface area (Å²) in [6.07, 6.45) is -1.35. The van der Waals surface area contributed by atoms with Gasteiger partial charge in [-0.15, -0.1) is 0 Å². The normalized spacial score (nSPS) is 13.7. The van der Waals surface area contributed by atoms with E-state index in [1.807, 2.05) is 6.07 Å². The Morgan fingerprint density at radius 1 is 0.872 bits per heavy atom. The van der Waals surface area contributed by atoms with Crippen LogP contribution in [0.25, 0.3) is 11.6 Å². The highest BCUT2D eigenvalue weighted by Gasteiger charge is 2.31. The van der Waals surface area contributed by atoms with Crippen LogP contribution in [0.5, 0.6) is 0 Å². The van der Waals surface area contributed by atoms with Crippen LogP contribution in [0.3, 0.4) is 0 Å². The van der Waals surface area contributed by atoms with Gasteiger partial charge in [-0.2, -0.15) is 13.2 Å². The summed E-state index contributed by atoms with van der Waals surface area (Å²) in [4.78, 5) is 27.8. The highest BCUT2D eigenvalue weighted by Crippen LogP contribution is 2.36. The summed E-state index contributed by atoms with van der Waals surface area (Å²) < 4.78 is 66.9. The number of benzene rings is 3. The van der Waals surface area contributed by atoms with E-state index in [1.54, 1.807) is 36.5 Å². The summed E-state index contributed by atoms with van der Waals surface area (Å²) in [5.74, 6) is -2.12. The van der Waals surface area contributed by atoms with E-state index in [9.17, 15) is 31.5 Å². The molecule has 0 fully saturated rings. The number of fused-ring (bicyclic) bond motifs is 1. The zero-order valence-electron chi connectivity index (χ0n) is 19.7. The number of nitrogens with one attached hydrogen (secondary N) is 5. The molecule has 0 bridgehead atoms. The van der Waals surface area contributed by atoms with E-state index in [4.69, 9.17) is 0 Å². The van der Waals surface area contributed by atoms with Crippen molar-refractivity contribution in [3.63, 3.8) is 0 Å². The van der Waals surface area contributed by atoms with Crippen molar-refractivity contribution in [2.24, 2.45) is 0 Å². The van der Waals surface area contributed by atoms with Gasteiger partial charge in [-0.1, -0.05) is 6.07 Å². The molecule has 1 aliphatic heterocycles. The Kier molecular flexibility index (Phi) is 6.52. The number of hydrogen-bond acceptors (Lipinski definition) is 3. The summed E-state index contributed by atoms with van der Waals surface area (Å²) >= 11 is 0. The lowest BCUT2D eigenvalue weighted by atomic mass is 10.1. The fraction of sp³-hybridized carbons (Fsp3) is 0.0370. The van der Waals surface area contributed by atoms with Gasteiger partial charge < -0.3 is 26.3 Å². The first-order valence-corrected chi connectivity index (χ1v) is 11.4. The van der Waals surface area contributed by atoms with Crippen LogP contribution < -0.4 is 21.3 Å². The molecule has 5 rings (SSSR count). The van der Waals surface area contributed by atoms with E-state index in [2.05, 4.69) is 26.3 Å². The second kappa shape index (κ2) is 9.97. The van der Waals surface area contributed by atoms with Gasteiger partial charge in [-0.05, 0) is 66.7 Å². The summed E-state index contributed by atoms with van der Waals surface area (Å²) in [7, 11) is 0. The molecule has 1 aliphatic rings. The third-order valence-corrected chi connectivity index (χ3v) is 5.71. The quantitative estimate of drug-likeness (QED) is 0.137. The first-order valence-electron chi connectivity index (χ1n) is 11.4. The molecule has 0 unspecified atom stereocenters. The van der Waals surface area contributed by atoms with Crippen molar-refractivity contribution < 1.29 is 31.5 Å². The van der Waals surface area contributed by atoms with Gasteiger partial charge in [0.05, 0.1) is 22.5 Å². The van der Waals surface area contributed by atoms with E-state index in [0.717, 1.165) is 17.8 Å². The number of alkyl halides is 3. The van der Waals surface area contributed by atoms with Gasteiger partial charge in [-0.25, -0.2) is 13.6 Å². The van der Waals surface area contributed by atoms with Crippen molar-refractivity contribution in [3.8, 4) is 0 Å². The maximum atomic E-state index is 14.5. The number of urea groups is 1. The lowest BCUT2D eigenvalue weighted by Crippen LogP contribution is -2.20. The first kappa shape index (κ1) is 25.5. The first-order chi connectivity index (χ1) is 18.5. The van der Waals surface area contributed by atoms with Crippen LogP contribution in [0.4, 0.5) is 55.2 Å². The van der Waals surface area contributed by atoms with Crippen LogP contribution in [-0.2, 0) is 11.0 Å². The molecule has 7 nitrogen and oxygen atoms in total. The van der Waals surface area contributed by atoms with Gasteiger partial charge in [0.25, 0.3) is 5.91 Å². The summed E-state index contributed by atoms with van der Waals surface area (Å²) in [6, 6.07) is 12.8. The molecule has 4 aromatic rings. The number of anilines is 5. The molecule has 198 valence electrons. The second-order valence-electron chi connectivity index (χ2n) is 8.52. The molecule has 0 radical (unpaired) electrons. The predicted octanol–water partition coefficient (Wildman–Crippen LogP) is 7.19. The molecular weight excluding hydrogens is 521 g/mol. The molecule has 0 saturated carbocycles. The van der Waals surface area contributed by atoms with Gasteiger partial charge in [0.1, 0.15) is 11.6 Å². The molecule has 0 saturated heterocycles. The summed E-state index contributed by atoms with van der Waals surface area (Å²) in [5.41, 5.74) is 1.25. The van der Waals surface area contributed by atoms with Gasteiger partial charge in [-0.3, -0.25) is 4.79 Å². The number of aromatic nitrogens is 1. The fourth-order valence-corrected chi connectivity index (χ4v) is 3.98. The van der Waals surface area contributed by atoms with Crippen LogP contribution in [0.15, 0.2) is 72.9 Å². The Labute approximate surface area is 217 Å². The van der Waals surface area contributed by atoms with Crippen LogP contribution >= 0.6 is 0 Å². The molecule has 39 heavy (non-hydrogen) atoms. The largest absolute Gasteiger partial charge is 0.416 e. The van der Waals surface area contributed by atoms with Gasteiger partial charge >= 0.3 is 12.2 Å². The van der Waals surface area contributed by atoms with Crippen molar-refractivity contribution in [2.45, 2.75) is 6.18 Å². The molecule has 5 N–H and O–H groups in total. The van der Waals surface area contributed by atoms with Gasteiger partial charge in [0.15, 0.2) is 0 Å². The molecule has 12 heteroatoms. The average Bonchev–Trinajstić information content (AvgIpc) is 3.48. The van der Waals surface area contributed by atoms with Crippen molar-refractivity contribution in [1.29, 1.82) is 0 Å². The number of aromatic amines is 1. The minimum Gasteiger partial charge on any atom is -0.362 e. The number of rotatable bonds is 5. The molecule has 3 aromatic carbocycles. The van der Waals surface area contributed by atoms with Crippen molar-refractivity contribution in [1.82, 2.24) is 4.98 Å². The Balaban J connectivity index is 1.30. The van der Waals surface area contributed by atoms with Crippen LogP contribution in [0.1, 0.15) is 16.8 Å². The minimum absolute atomic E-state index is 0.0238. The van der Waals surface area contributed by atoms with Crippen LogP contribution in [0.2, 0.25) is 0 Å². The third kappa shape index (κ3) is 5.74. The second-order valence-corrected chi connectivity index (χ2v) is 8.52. The minimum atomic E-state index is -4.80. The molecule has 0 atom stereocenters. The van der Waals surface area contributed by atoms with Gasteiger partial charge in [0.2, 0.25) is 0 Å². The number of carbonyl (C=O) groups excluding carboxylic acids is 2. The van der Waals surface area contributed by atoms with Crippen molar-refractivity contribution in [3.05, 3.63) is 101 Å². The Bertz CT molecular complexity index is 1610. The van der Waals surface area contributed by atoms with Gasteiger partial charge in [0, 0.05) is 34.5 Å². The molecular formula is C27H18F5N5O2. The van der Waals surface area contributed by atoms with Crippen LogP contribution in [-0.4, -0.2) is 16.9 Å². The molecule has 3 amide bonds. The summed E-state index contributed by atoms with van der Waals surface area (Å²) in [5, 5.41) is 10.1. The highest BCUT2D eigenvalue weighted by atomic mass is 19.4. The zero-order valence-corrected chi connectivity index (χ0v) is 19.7.